The van der Waals surface area contributed by atoms with E-state index >= 15 is 0 Å². The molecule has 1 amide bonds. The van der Waals surface area contributed by atoms with Gasteiger partial charge >= 0.3 is 0 Å². The first kappa shape index (κ1) is 20.3. The molecule has 8 heteroatoms. The predicted octanol–water partition coefficient (Wildman–Crippen LogP) is 2.87. The highest BCUT2D eigenvalue weighted by molar-refractivity contribution is 5.99. The second kappa shape index (κ2) is 8.47. The number of H-pyrrole nitrogens is 2. The van der Waals surface area contributed by atoms with E-state index in [1.54, 1.807) is 18.2 Å². The lowest BCUT2D eigenvalue weighted by Gasteiger charge is -2.26. The van der Waals surface area contributed by atoms with Crippen LogP contribution in [0.2, 0.25) is 0 Å². The number of anilines is 1. The van der Waals surface area contributed by atoms with E-state index < -0.39 is 0 Å². The van der Waals surface area contributed by atoms with Crippen LogP contribution in [0.15, 0.2) is 47.3 Å². The molecule has 5 N–H and O–H groups in total. The molecule has 1 aliphatic rings. The second-order valence-corrected chi connectivity index (χ2v) is 8.26. The van der Waals surface area contributed by atoms with Crippen molar-refractivity contribution < 1.29 is 4.79 Å². The number of likely N-dealkylation sites (tertiary alicyclic amines) is 1. The maximum atomic E-state index is 12.7. The van der Waals surface area contributed by atoms with Gasteiger partial charge in [0.2, 0.25) is 0 Å². The first-order valence-electron chi connectivity index (χ1n) is 11.0. The summed E-state index contributed by atoms with van der Waals surface area (Å²) in [5.74, 6) is 0.253. The van der Waals surface area contributed by atoms with E-state index in [1.165, 1.54) is 19.3 Å². The molecule has 32 heavy (non-hydrogen) atoms. The molecule has 2 aromatic carbocycles. The minimum atomic E-state index is -0.309. The van der Waals surface area contributed by atoms with Gasteiger partial charge in [-0.2, -0.15) is 0 Å². The molecule has 8 nitrogen and oxygen atoms in total. The van der Waals surface area contributed by atoms with Crippen LogP contribution in [0.25, 0.3) is 33.3 Å². The molecule has 1 aliphatic heterocycles. The fourth-order valence-corrected chi connectivity index (χ4v) is 4.38. The standard InChI is InChI=1S/C24H26N6O2/c25-21-16-6-2-3-7-17(16)29-24(32)20(21)22-27-18-9-8-15(14-19(18)28-22)23(31)26-10-13-30-11-4-1-5-12-30/h2-3,6-9,14H,1,4-5,10-13H2,(H,26,31)(H,27,28)(H3,25,29,32). The van der Waals surface area contributed by atoms with Crippen molar-refractivity contribution >= 4 is 33.5 Å². The summed E-state index contributed by atoms with van der Waals surface area (Å²) in [4.78, 5) is 38.3. The molecule has 0 spiro atoms. The van der Waals surface area contributed by atoms with Crippen molar-refractivity contribution in [3.05, 3.63) is 58.4 Å². The monoisotopic (exact) mass is 430 g/mol. The number of pyridine rings is 1. The molecule has 0 radical (unpaired) electrons. The Bertz CT molecular complexity index is 1350. The largest absolute Gasteiger partial charge is 0.397 e. The summed E-state index contributed by atoms with van der Waals surface area (Å²) in [7, 11) is 0. The SMILES string of the molecule is Nc1c(-c2nc3cc(C(=O)NCCN4CCCCC4)ccc3[nH]2)c(=O)[nH]c2ccccc12. The van der Waals surface area contributed by atoms with Crippen LogP contribution in [0.1, 0.15) is 29.6 Å². The first-order valence-corrected chi connectivity index (χ1v) is 11.0. The Labute approximate surface area is 184 Å². The Morgan fingerprint density at radius 3 is 2.72 bits per heavy atom. The lowest BCUT2D eigenvalue weighted by atomic mass is 10.1. The predicted molar refractivity (Wildman–Crippen MR) is 127 cm³/mol. The maximum Gasteiger partial charge on any atom is 0.261 e. The summed E-state index contributed by atoms with van der Waals surface area (Å²) in [6.07, 6.45) is 3.76. The van der Waals surface area contributed by atoms with Crippen LogP contribution in [0.5, 0.6) is 0 Å². The van der Waals surface area contributed by atoms with Gasteiger partial charge < -0.3 is 25.9 Å². The van der Waals surface area contributed by atoms with Crippen LogP contribution < -0.4 is 16.6 Å². The quantitative estimate of drug-likeness (QED) is 0.388. The fraction of sp³-hybridized carbons (Fsp3) is 0.292. The van der Waals surface area contributed by atoms with Gasteiger partial charge in [-0.3, -0.25) is 9.59 Å². The zero-order valence-electron chi connectivity index (χ0n) is 17.8. The number of hydrogen-bond acceptors (Lipinski definition) is 5. The third-order valence-corrected chi connectivity index (χ3v) is 6.11. The van der Waals surface area contributed by atoms with Crippen LogP contribution in [0, 0.1) is 0 Å². The Hall–Kier alpha value is -3.65. The molecule has 5 rings (SSSR count). The Morgan fingerprint density at radius 1 is 1.06 bits per heavy atom. The third kappa shape index (κ3) is 3.85. The number of benzene rings is 2. The molecule has 0 atom stereocenters. The number of carbonyl (C=O) groups excluding carboxylic acids is 1. The van der Waals surface area contributed by atoms with Gasteiger partial charge in [-0.15, -0.1) is 0 Å². The van der Waals surface area contributed by atoms with Gasteiger partial charge in [0.15, 0.2) is 0 Å². The molecule has 1 saturated heterocycles. The van der Waals surface area contributed by atoms with Crippen LogP contribution in [-0.2, 0) is 0 Å². The molecule has 164 valence electrons. The first-order chi connectivity index (χ1) is 15.6. The van der Waals surface area contributed by atoms with Crippen molar-refractivity contribution in [3.63, 3.8) is 0 Å². The van der Waals surface area contributed by atoms with Crippen molar-refractivity contribution in [2.45, 2.75) is 19.3 Å². The third-order valence-electron chi connectivity index (χ3n) is 6.11. The summed E-state index contributed by atoms with van der Waals surface area (Å²) in [5.41, 5.74) is 9.24. The number of carbonyl (C=O) groups is 1. The Balaban J connectivity index is 1.38. The summed E-state index contributed by atoms with van der Waals surface area (Å²) < 4.78 is 0. The topological polar surface area (TPSA) is 120 Å². The zero-order chi connectivity index (χ0) is 22.1. The summed E-state index contributed by atoms with van der Waals surface area (Å²) in [5, 5.41) is 3.75. The number of nitrogens with two attached hydrogens (primary N) is 1. The average molecular weight is 431 g/mol. The fourth-order valence-electron chi connectivity index (χ4n) is 4.38. The molecule has 0 aliphatic carbocycles. The van der Waals surface area contributed by atoms with Crippen LogP contribution in [0.3, 0.4) is 0 Å². The van der Waals surface area contributed by atoms with Gasteiger partial charge in [0.1, 0.15) is 11.4 Å². The molecule has 0 bridgehead atoms. The highest BCUT2D eigenvalue weighted by atomic mass is 16.1. The molecule has 3 heterocycles. The molecule has 4 aromatic rings. The van der Waals surface area contributed by atoms with Crippen molar-refractivity contribution in [1.82, 2.24) is 25.2 Å². The van der Waals surface area contributed by atoms with E-state index in [0.29, 0.717) is 40.2 Å². The number of hydrogen-bond donors (Lipinski definition) is 4. The molecule has 0 saturated carbocycles. The molecular formula is C24H26N6O2. The second-order valence-electron chi connectivity index (χ2n) is 8.26. The van der Waals surface area contributed by atoms with Gasteiger partial charge in [0, 0.05) is 24.0 Å². The average Bonchev–Trinajstić information content (AvgIpc) is 3.22. The normalized spacial score (nSPS) is 14.8. The van der Waals surface area contributed by atoms with Gasteiger partial charge in [0.05, 0.1) is 22.2 Å². The molecule has 1 fully saturated rings. The van der Waals surface area contributed by atoms with Crippen molar-refractivity contribution in [3.8, 4) is 11.4 Å². The summed E-state index contributed by atoms with van der Waals surface area (Å²) in [6.45, 7) is 3.69. The number of fused-ring (bicyclic) bond motifs is 2. The van der Waals surface area contributed by atoms with E-state index in [0.717, 1.165) is 30.5 Å². The van der Waals surface area contributed by atoms with Crippen LogP contribution in [0.4, 0.5) is 5.69 Å². The number of aromatic nitrogens is 3. The minimum absolute atomic E-state index is 0.128. The molecule has 0 unspecified atom stereocenters. The highest BCUT2D eigenvalue weighted by Crippen LogP contribution is 2.28. The number of amides is 1. The van der Waals surface area contributed by atoms with Gasteiger partial charge in [-0.25, -0.2) is 4.98 Å². The number of nitrogen functional groups attached to an aromatic ring is 1. The van der Waals surface area contributed by atoms with Crippen LogP contribution in [-0.4, -0.2) is 51.9 Å². The van der Waals surface area contributed by atoms with E-state index in [2.05, 4.69) is 25.2 Å². The van der Waals surface area contributed by atoms with E-state index in [9.17, 15) is 9.59 Å². The summed E-state index contributed by atoms with van der Waals surface area (Å²) in [6, 6.07) is 12.7. The van der Waals surface area contributed by atoms with Gasteiger partial charge in [0.25, 0.3) is 11.5 Å². The van der Waals surface area contributed by atoms with Gasteiger partial charge in [-0.1, -0.05) is 24.6 Å². The van der Waals surface area contributed by atoms with Crippen molar-refractivity contribution in [2.75, 3.05) is 31.9 Å². The number of imidazole rings is 1. The van der Waals surface area contributed by atoms with Gasteiger partial charge in [-0.05, 0) is 50.2 Å². The summed E-state index contributed by atoms with van der Waals surface area (Å²) >= 11 is 0. The number of aromatic amines is 2. The van der Waals surface area contributed by atoms with Crippen molar-refractivity contribution in [2.24, 2.45) is 0 Å². The van der Waals surface area contributed by atoms with Crippen LogP contribution >= 0.6 is 0 Å². The minimum Gasteiger partial charge on any atom is -0.397 e. The number of rotatable bonds is 5. The highest BCUT2D eigenvalue weighted by Gasteiger charge is 2.17. The van der Waals surface area contributed by atoms with E-state index in [-0.39, 0.29) is 11.5 Å². The number of nitrogens with zero attached hydrogens (tertiary/aromatic N) is 2. The molecule has 2 aromatic heterocycles. The molecular weight excluding hydrogens is 404 g/mol. The van der Waals surface area contributed by atoms with E-state index in [4.69, 9.17) is 5.73 Å². The number of para-hydroxylation sites is 1. The Morgan fingerprint density at radius 2 is 1.88 bits per heavy atom. The lowest BCUT2D eigenvalue weighted by Crippen LogP contribution is -2.37. The lowest BCUT2D eigenvalue weighted by molar-refractivity contribution is 0.0946. The number of piperidine rings is 1. The van der Waals surface area contributed by atoms with Crippen molar-refractivity contribution in [1.29, 1.82) is 0 Å². The number of nitrogens with one attached hydrogen (secondary N) is 3. The van der Waals surface area contributed by atoms with E-state index in [1.807, 2.05) is 24.3 Å². The maximum absolute atomic E-state index is 12.7. The zero-order valence-corrected chi connectivity index (χ0v) is 17.8. The smallest absolute Gasteiger partial charge is 0.261 e. The Kier molecular flexibility index (Phi) is 5.36.